The average Bonchev–Trinajstić information content (AvgIpc) is 3.19. The molecule has 2 N–H and O–H groups in total. The number of methoxy groups -OCH3 is 1. The van der Waals surface area contributed by atoms with Gasteiger partial charge in [-0.15, -0.1) is 0 Å². The molecule has 0 aliphatic carbocycles. The molecule has 3 heterocycles. The molecule has 0 spiro atoms. The highest BCUT2D eigenvalue weighted by Crippen LogP contribution is 2.35. The van der Waals surface area contributed by atoms with Crippen molar-refractivity contribution in [2.24, 2.45) is 0 Å². The van der Waals surface area contributed by atoms with Crippen LogP contribution in [0, 0.1) is 32.1 Å². The third kappa shape index (κ3) is 1.91. The van der Waals surface area contributed by atoms with Gasteiger partial charge in [-0.25, -0.2) is 9.97 Å². The van der Waals surface area contributed by atoms with E-state index in [0.29, 0.717) is 33.9 Å². The number of rotatable bonds is 2. The minimum atomic E-state index is 0.317. The lowest BCUT2D eigenvalue weighted by atomic mass is 10.1. The van der Waals surface area contributed by atoms with Crippen LogP contribution in [0.2, 0.25) is 0 Å². The first-order valence-corrected chi connectivity index (χ1v) is 8.04. The molecule has 0 saturated carbocycles. The number of aryl methyl sites for hydroxylation is 2. The lowest BCUT2D eigenvalue weighted by Gasteiger charge is -2.17. The van der Waals surface area contributed by atoms with Gasteiger partial charge in [0.2, 0.25) is 0 Å². The minimum Gasteiger partial charge on any atom is -0.496 e. The van der Waals surface area contributed by atoms with Crippen molar-refractivity contribution in [3.05, 3.63) is 40.8 Å². The molecule has 0 unspecified atom stereocenters. The fourth-order valence-electron chi connectivity index (χ4n) is 3.45. The summed E-state index contributed by atoms with van der Waals surface area (Å²) in [5, 5.41) is 14.0. The van der Waals surface area contributed by atoms with Crippen LogP contribution in [0.5, 0.6) is 5.75 Å². The predicted octanol–water partition coefficient (Wildman–Crippen LogP) is 2.46. The molecule has 0 radical (unpaired) electrons. The number of nitriles is 1. The SMILES string of the molecule is COc1ccc(C)c(-n2c(N)c(C#N)c3nc(C)c4ncnn4c32)c1C. The van der Waals surface area contributed by atoms with Crippen molar-refractivity contribution in [2.75, 3.05) is 12.8 Å². The summed E-state index contributed by atoms with van der Waals surface area (Å²) < 4.78 is 8.96. The maximum atomic E-state index is 9.68. The molecule has 4 rings (SSSR count). The second-order valence-electron chi connectivity index (χ2n) is 6.13. The van der Waals surface area contributed by atoms with Gasteiger partial charge in [0.15, 0.2) is 11.3 Å². The van der Waals surface area contributed by atoms with Crippen molar-refractivity contribution in [1.29, 1.82) is 5.26 Å². The molecule has 0 aliphatic rings. The number of benzene rings is 1. The zero-order valence-electron chi connectivity index (χ0n) is 14.9. The third-order valence-corrected chi connectivity index (χ3v) is 4.65. The fourth-order valence-corrected chi connectivity index (χ4v) is 3.45. The zero-order valence-corrected chi connectivity index (χ0v) is 14.9. The van der Waals surface area contributed by atoms with Crippen LogP contribution >= 0.6 is 0 Å². The lowest BCUT2D eigenvalue weighted by Crippen LogP contribution is -2.08. The van der Waals surface area contributed by atoms with Gasteiger partial charge in [-0.1, -0.05) is 6.07 Å². The predicted molar refractivity (Wildman–Crippen MR) is 97.5 cm³/mol. The van der Waals surface area contributed by atoms with Crippen LogP contribution in [0.25, 0.3) is 22.5 Å². The van der Waals surface area contributed by atoms with Crippen molar-refractivity contribution < 1.29 is 4.74 Å². The number of hydrogen-bond acceptors (Lipinski definition) is 6. The molecule has 130 valence electrons. The largest absolute Gasteiger partial charge is 0.496 e. The van der Waals surface area contributed by atoms with Gasteiger partial charge in [0.1, 0.15) is 35.0 Å². The minimum absolute atomic E-state index is 0.317. The summed E-state index contributed by atoms with van der Waals surface area (Å²) in [5.41, 5.74) is 11.9. The number of ether oxygens (including phenoxy) is 1. The topological polar surface area (TPSA) is 107 Å². The van der Waals surface area contributed by atoms with E-state index in [2.05, 4.69) is 21.1 Å². The number of nitrogens with zero attached hydrogens (tertiary/aromatic N) is 6. The van der Waals surface area contributed by atoms with Crippen molar-refractivity contribution >= 4 is 22.6 Å². The summed E-state index contributed by atoms with van der Waals surface area (Å²) in [7, 11) is 1.62. The molecule has 0 amide bonds. The smallest absolute Gasteiger partial charge is 0.178 e. The fraction of sp³-hybridized carbons (Fsp3) is 0.222. The van der Waals surface area contributed by atoms with Crippen molar-refractivity contribution in [3.8, 4) is 17.5 Å². The van der Waals surface area contributed by atoms with Crippen LogP contribution in [0.15, 0.2) is 18.5 Å². The van der Waals surface area contributed by atoms with Gasteiger partial charge < -0.3 is 10.5 Å². The number of hydrogen-bond donors (Lipinski definition) is 1. The standard InChI is InChI=1S/C18H17N7O/c1-9-5-6-13(26-4)10(2)15(9)24-16(20)12(7-19)14-18(24)25-17(11(3)23-14)21-8-22-25/h5-6,8H,20H2,1-4H3. The molecule has 26 heavy (non-hydrogen) atoms. The van der Waals surface area contributed by atoms with Crippen LogP contribution in [-0.4, -0.2) is 31.3 Å². The Morgan fingerprint density at radius 3 is 2.69 bits per heavy atom. The van der Waals surface area contributed by atoms with Crippen molar-refractivity contribution in [2.45, 2.75) is 20.8 Å². The molecule has 0 fully saturated rings. The first-order chi connectivity index (χ1) is 12.5. The molecule has 4 aromatic rings. The average molecular weight is 347 g/mol. The van der Waals surface area contributed by atoms with Crippen LogP contribution in [-0.2, 0) is 0 Å². The van der Waals surface area contributed by atoms with Gasteiger partial charge in [-0.2, -0.15) is 14.9 Å². The first kappa shape index (κ1) is 15.9. The quantitative estimate of drug-likeness (QED) is 0.597. The summed E-state index contributed by atoms with van der Waals surface area (Å²) >= 11 is 0. The van der Waals surface area contributed by atoms with E-state index >= 15 is 0 Å². The second-order valence-corrected chi connectivity index (χ2v) is 6.13. The Labute approximate surface area is 149 Å². The number of aromatic nitrogens is 5. The van der Waals surface area contributed by atoms with Gasteiger partial charge in [0.05, 0.1) is 18.5 Å². The van der Waals surface area contributed by atoms with E-state index in [1.807, 2.05) is 37.5 Å². The molecular weight excluding hydrogens is 330 g/mol. The Morgan fingerprint density at radius 2 is 2.00 bits per heavy atom. The van der Waals surface area contributed by atoms with Crippen LogP contribution in [0.4, 0.5) is 5.82 Å². The van der Waals surface area contributed by atoms with E-state index in [0.717, 1.165) is 22.6 Å². The first-order valence-electron chi connectivity index (χ1n) is 8.04. The summed E-state index contributed by atoms with van der Waals surface area (Å²) in [6, 6.07) is 6.05. The monoisotopic (exact) mass is 347 g/mol. The summed E-state index contributed by atoms with van der Waals surface area (Å²) in [5.74, 6) is 1.05. The second kappa shape index (κ2) is 5.46. The molecular formula is C18H17N7O. The Morgan fingerprint density at radius 1 is 1.23 bits per heavy atom. The Bertz CT molecular complexity index is 1230. The highest BCUT2D eigenvalue weighted by molar-refractivity contribution is 5.90. The Hall–Kier alpha value is -3.60. The molecule has 0 aliphatic heterocycles. The van der Waals surface area contributed by atoms with E-state index in [-0.39, 0.29) is 0 Å². The number of nitrogens with two attached hydrogens (primary N) is 1. The molecule has 1 aromatic carbocycles. The number of fused-ring (bicyclic) bond motifs is 3. The Balaban J connectivity index is 2.28. The molecule has 0 atom stereocenters. The maximum Gasteiger partial charge on any atom is 0.178 e. The Kier molecular flexibility index (Phi) is 3.34. The molecule has 3 aromatic heterocycles. The molecule has 8 heteroatoms. The van der Waals surface area contributed by atoms with Gasteiger partial charge in [-0.3, -0.25) is 4.57 Å². The number of anilines is 1. The normalized spacial score (nSPS) is 11.2. The van der Waals surface area contributed by atoms with E-state index < -0.39 is 0 Å². The van der Waals surface area contributed by atoms with Gasteiger partial charge in [0.25, 0.3) is 0 Å². The zero-order chi connectivity index (χ0) is 18.6. The highest BCUT2D eigenvalue weighted by Gasteiger charge is 2.24. The molecule has 0 bridgehead atoms. The molecule has 0 saturated heterocycles. The number of nitrogen functional groups attached to an aromatic ring is 1. The van der Waals surface area contributed by atoms with E-state index in [1.165, 1.54) is 6.33 Å². The summed E-state index contributed by atoms with van der Waals surface area (Å²) in [4.78, 5) is 8.85. The van der Waals surface area contributed by atoms with Crippen LogP contribution < -0.4 is 10.5 Å². The lowest BCUT2D eigenvalue weighted by molar-refractivity contribution is 0.411. The van der Waals surface area contributed by atoms with Crippen LogP contribution in [0.3, 0.4) is 0 Å². The van der Waals surface area contributed by atoms with Crippen LogP contribution in [0.1, 0.15) is 22.4 Å². The third-order valence-electron chi connectivity index (χ3n) is 4.65. The van der Waals surface area contributed by atoms with Crippen molar-refractivity contribution in [1.82, 2.24) is 24.1 Å². The van der Waals surface area contributed by atoms with Gasteiger partial charge >= 0.3 is 0 Å². The maximum absolute atomic E-state index is 9.68. The van der Waals surface area contributed by atoms with Gasteiger partial charge in [0, 0.05) is 5.56 Å². The summed E-state index contributed by atoms with van der Waals surface area (Å²) in [6.07, 6.45) is 1.47. The summed E-state index contributed by atoms with van der Waals surface area (Å²) in [6.45, 7) is 5.78. The van der Waals surface area contributed by atoms with E-state index in [4.69, 9.17) is 10.5 Å². The van der Waals surface area contributed by atoms with Crippen molar-refractivity contribution in [3.63, 3.8) is 0 Å². The molecule has 8 nitrogen and oxygen atoms in total. The van der Waals surface area contributed by atoms with E-state index in [9.17, 15) is 5.26 Å². The van der Waals surface area contributed by atoms with Gasteiger partial charge in [-0.05, 0) is 32.4 Å². The highest BCUT2D eigenvalue weighted by atomic mass is 16.5. The van der Waals surface area contributed by atoms with E-state index in [1.54, 1.807) is 11.6 Å².